The molecular weight excluding hydrogens is 209 g/mol. The van der Waals surface area contributed by atoms with Gasteiger partial charge in [0.1, 0.15) is 12.8 Å². The largest absolute Gasteiger partial charge is 0.445 e. The van der Waals surface area contributed by atoms with Gasteiger partial charge in [0.15, 0.2) is 0 Å². The second-order valence-corrected chi connectivity index (χ2v) is 3.95. The first kappa shape index (κ1) is 10.9. The second-order valence-electron chi connectivity index (χ2n) is 3.95. The Labute approximate surface area is 93.6 Å². The van der Waals surface area contributed by atoms with Crippen molar-refractivity contribution >= 4 is 6.09 Å². The van der Waals surface area contributed by atoms with Gasteiger partial charge in [0.2, 0.25) is 0 Å². The van der Waals surface area contributed by atoms with Crippen LogP contribution < -0.4 is 5.32 Å². The standard InChI is InChI=1S/C12H14FNO2/c13-11-6-10(11)7-14-12(15)16-8-9-4-2-1-3-5-9/h1-5,10-11H,6-8H2,(H,14,15)/t10-,11-/m1/s1. The summed E-state index contributed by atoms with van der Waals surface area (Å²) in [6.45, 7) is 0.616. The van der Waals surface area contributed by atoms with Gasteiger partial charge in [0.05, 0.1) is 0 Å². The van der Waals surface area contributed by atoms with Crippen LogP contribution in [0, 0.1) is 5.92 Å². The number of carbonyl (C=O) groups excluding carboxylic acids is 1. The van der Waals surface area contributed by atoms with Crippen LogP contribution in [-0.2, 0) is 11.3 Å². The van der Waals surface area contributed by atoms with E-state index in [4.69, 9.17) is 4.74 Å². The molecule has 1 N–H and O–H groups in total. The fraction of sp³-hybridized carbons (Fsp3) is 0.417. The molecule has 86 valence electrons. The van der Waals surface area contributed by atoms with E-state index in [0.717, 1.165) is 5.56 Å². The van der Waals surface area contributed by atoms with Crippen molar-refractivity contribution in [2.24, 2.45) is 5.92 Å². The Morgan fingerprint density at radius 1 is 1.44 bits per heavy atom. The molecule has 0 spiro atoms. The third-order valence-corrected chi connectivity index (χ3v) is 2.56. The highest BCUT2D eigenvalue weighted by atomic mass is 19.1. The summed E-state index contributed by atoms with van der Waals surface area (Å²) in [5.41, 5.74) is 0.937. The molecule has 0 heterocycles. The second kappa shape index (κ2) is 4.96. The van der Waals surface area contributed by atoms with Crippen molar-refractivity contribution in [1.82, 2.24) is 5.32 Å². The van der Waals surface area contributed by atoms with E-state index in [-0.39, 0.29) is 12.5 Å². The van der Waals surface area contributed by atoms with Crippen LogP contribution in [-0.4, -0.2) is 18.8 Å². The zero-order chi connectivity index (χ0) is 11.4. The number of rotatable bonds is 4. The molecule has 0 bridgehead atoms. The topological polar surface area (TPSA) is 38.3 Å². The lowest BCUT2D eigenvalue weighted by Gasteiger charge is -2.06. The van der Waals surface area contributed by atoms with Crippen LogP contribution in [0.2, 0.25) is 0 Å². The third kappa shape index (κ3) is 3.22. The summed E-state index contributed by atoms with van der Waals surface area (Å²) >= 11 is 0. The molecule has 0 aliphatic heterocycles. The summed E-state index contributed by atoms with van der Waals surface area (Å²) in [6, 6.07) is 9.43. The Morgan fingerprint density at radius 3 is 2.75 bits per heavy atom. The summed E-state index contributed by atoms with van der Waals surface area (Å²) in [7, 11) is 0. The maximum atomic E-state index is 12.5. The zero-order valence-electron chi connectivity index (χ0n) is 8.86. The summed E-state index contributed by atoms with van der Waals surface area (Å²) in [6.07, 6.45) is -0.670. The predicted octanol–water partition coefficient (Wildman–Crippen LogP) is 2.27. The summed E-state index contributed by atoms with van der Waals surface area (Å²) in [5, 5.41) is 2.54. The van der Waals surface area contributed by atoms with Crippen molar-refractivity contribution in [2.45, 2.75) is 19.2 Å². The molecule has 1 aromatic carbocycles. The smallest absolute Gasteiger partial charge is 0.407 e. The number of carbonyl (C=O) groups is 1. The first-order valence-electron chi connectivity index (χ1n) is 5.34. The molecule has 2 rings (SSSR count). The van der Waals surface area contributed by atoms with Crippen molar-refractivity contribution in [1.29, 1.82) is 0 Å². The van der Waals surface area contributed by atoms with Gasteiger partial charge in [-0.15, -0.1) is 0 Å². The van der Waals surface area contributed by atoms with E-state index in [9.17, 15) is 9.18 Å². The molecule has 1 fully saturated rings. The number of ether oxygens (including phenoxy) is 1. The Morgan fingerprint density at radius 2 is 2.12 bits per heavy atom. The monoisotopic (exact) mass is 223 g/mol. The van der Waals surface area contributed by atoms with Crippen molar-refractivity contribution in [3.05, 3.63) is 35.9 Å². The van der Waals surface area contributed by atoms with Gasteiger partial charge in [-0.2, -0.15) is 0 Å². The molecule has 0 saturated heterocycles. The highest BCUT2D eigenvalue weighted by Crippen LogP contribution is 2.32. The number of alkyl carbamates (subject to hydrolysis) is 1. The molecule has 1 aliphatic rings. The fourth-order valence-corrected chi connectivity index (χ4v) is 1.41. The number of hydrogen-bond donors (Lipinski definition) is 1. The molecular formula is C12H14FNO2. The van der Waals surface area contributed by atoms with E-state index in [2.05, 4.69) is 5.32 Å². The summed E-state index contributed by atoms with van der Waals surface area (Å²) in [4.78, 5) is 11.2. The average Bonchev–Trinajstić information content (AvgIpc) is 3.01. The molecule has 1 saturated carbocycles. The van der Waals surface area contributed by atoms with Gasteiger partial charge in [-0.05, 0) is 12.0 Å². The molecule has 2 atom stereocenters. The lowest BCUT2D eigenvalue weighted by Crippen LogP contribution is -2.26. The minimum absolute atomic E-state index is 0.00993. The van der Waals surface area contributed by atoms with Gasteiger partial charge in [0.25, 0.3) is 0 Å². The Balaban J connectivity index is 1.64. The number of amides is 1. The molecule has 0 unspecified atom stereocenters. The van der Waals surface area contributed by atoms with Crippen LogP contribution in [0.1, 0.15) is 12.0 Å². The average molecular weight is 223 g/mol. The van der Waals surface area contributed by atoms with E-state index in [1.54, 1.807) is 0 Å². The highest BCUT2D eigenvalue weighted by Gasteiger charge is 2.37. The lowest BCUT2D eigenvalue weighted by molar-refractivity contribution is 0.139. The van der Waals surface area contributed by atoms with Gasteiger partial charge in [-0.25, -0.2) is 9.18 Å². The SMILES string of the molecule is O=C(NC[C@H]1C[C@H]1F)OCc1ccccc1. The molecule has 4 heteroatoms. The Kier molecular flexibility index (Phi) is 3.39. The minimum atomic E-state index is -0.741. The van der Waals surface area contributed by atoms with Crippen molar-refractivity contribution in [2.75, 3.05) is 6.54 Å². The predicted molar refractivity (Wildman–Crippen MR) is 57.6 cm³/mol. The van der Waals surface area contributed by atoms with E-state index >= 15 is 0 Å². The molecule has 0 radical (unpaired) electrons. The normalized spacial score (nSPS) is 22.6. The maximum absolute atomic E-state index is 12.5. The van der Waals surface area contributed by atoms with E-state index in [0.29, 0.717) is 13.0 Å². The van der Waals surface area contributed by atoms with Gasteiger partial charge in [-0.1, -0.05) is 30.3 Å². The molecule has 16 heavy (non-hydrogen) atoms. The summed E-state index contributed by atoms with van der Waals surface area (Å²) in [5.74, 6) is -0.00993. The minimum Gasteiger partial charge on any atom is -0.445 e. The van der Waals surface area contributed by atoms with Crippen molar-refractivity contribution < 1.29 is 13.9 Å². The lowest BCUT2D eigenvalue weighted by atomic mass is 10.2. The number of alkyl halides is 1. The van der Waals surface area contributed by atoms with Crippen molar-refractivity contribution in [3.8, 4) is 0 Å². The molecule has 1 aliphatic carbocycles. The quantitative estimate of drug-likeness (QED) is 0.850. The number of nitrogens with one attached hydrogen (secondary N) is 1. The number of hydrogen-bond acceptors (Lipinski definition) is 2. The van der Waals surface area contributed by atoms with Gasteiger partial charge in [-0.3, -0.25) is 0 Å². The molecule has 3 nitrogen and oxygen atoms in total. The van der Waals surface area contributed by atoms with Crippen LogP contribution in [0.5, 0.6) is 0 Å². The third-order valence-electron chi connectivity index (χ3n) is 2.56. The van der Waals surface area contributed by atoms with Gasteiger partial charge in [0, 0.05) is 12.5 Å². The van der Waals surface area contributed by atoms with Crippen LogP contribution in [0.3, 0.4) is 0 Å². The van der Waals surface area contributed by atoms with Crippen LogP contribution >= 0.6 is 0 Å². The number of halogens is 1. The first-order valence-corrected chi connectivity index (χ1v) is 5.34. The van der Waals surface area contributed by atoms with Crippen LogP contribution in [0.4, 0.5) is 9.18 Å². The molecule has 1 amide bonds. The van der Waals surface area contributed by atoms with Crippen molar-refractivity contribution in [3.63, 3.8) is 0 Å². The zero-order valence-corrected chi connectivity index (χ0v) is 8.86. The van der Waals surface area contributed by atoms with E-state index in [1.165, 1.54) is 0 Å². The Bertz CT molecular complexity index is 355. The number of benzene rings is 1. The highest BCUT2D eigenvalue weighted by molar-refractivity contribution is 5.67. The fourth-order valence-electron chi connectivity index (χ4n) is 1.41. The van der Waals surface area contributed by atoms with Crippen LogP contribution in [0.15, 0.2) is 30.3 Å². The molecule has 1 aromatic rings. The van der Waals surface area contributed by atoms with Crippen LogP contribution in [0.25, 0.3) is 0 Å². The van der Waals surface area contributed by atoms with Gasteiger partial charge >= 0.3 is 6.09 Å². The Hall–Kier alpha value is -1.58. The van der Waals surface area contributed by atoms with E-state index < -0.39 is 12.3 Å². The molecule has 0 aromatic heterocycles. The maximum Gasteiger partial charge on any atom is 0.407 e. The first-order chi connectivity index (χ1) is 7.75. The summed E-state index contributed by atoms with van der Waals surface area (Å²) < 4.78 is 17.5. The van der Waals surface area contributed by atoms with E-state index in [1.807, 2.05) is 30.3 Å². The van der Waals surface area contributed by atoms with Gasteiger partial charge < -0.3 is 10.1 Å².